The zero-order chi connectivity index (χ0) is 12.0. The lowest BCUT2D eigenvalue weighted by atomic mass is 9.85. The maximum absolute atomic E-state index is 5.57. The van der Waals surface area contributed by atoms with Gasteiger partial charge in [-0.3, -0.25) is 0 Å². The molecule has 3 unspecified atom stereocenters. The Kier molecular flexibility index (Phi) is 6.37. The van der Waals surface area contributed by atoms with E-state index in [1.807, 2.05) is 0 Å². The van der Waals surface area contributed by atoms with Crippen molar-refractivity contribution in [3.05, 3.63) is 0 Å². The van der Waals surface area contributed by atoms with Gasteiger partial charge in [-0.1, -0.05) is 33.6 Å². The van der Waals surface area contributed by atoms with Crippen LogP contribution in [0.4, 0.5) is 0 Å². The van der Waals surface area contributed by atoms with Gasteiger partial charge in [0.15, 0.2) is 0 Å². The third-order valence-corrected chi connectivity index (χ3v) is 3.85. The van der Waals surface area contributed by atoms with E-state index in [4.69, 9.17) is 4.74 Å². The molecular weight excluding hydrogens is 198 g/mol. The lowest BCUT2D eigenvalue weighted by Gasteiger charge is -2.34. The number of nitrogens with one attached hydrogen (secondary N) is 1. The summed E-state index contributed by atoms with van der Waals surface area (Å²) < 4.78 is 5.57. The molecule has 1 fully saturated rings. The monoisotopic (exact) mass is 227 g/mol. The minimum Gasteiger partial charge on any atom is -0.380 e. The van der Waals surface area contributed by atoms with Gasteiger partial charge in [0, 0.05) is 18.7 Å². The number of ether oxygens (including phenoxy) is 1. The SMILES string of the molecule is CCOCC(NC1CCCCC1C)C(C)C. The van der Waals surface area contributed by atoms with Gasteiger partial charge >= 0.3 is 0 Å². The zero-order valence-corrected chi connectivity index (χ0v) is 11.5. The van der Waals surface area contributed by atoms with E-state index in [0.717, 1.165) is 19.1 Å². The van der Waals surface area contributed by atoms with Gasteiger partial charge in [0.25, 0.3) is 0 Å². The smallest absolute Gasteiger partial charge is 0.0622 e. The summed E-state index contributed by atoms with van der Waals surface area (Å²) in [5, 5.41) is 3.81. The molecule has 0 bridgehead atoms. The van der Waals surface area contributed by atoms with E-state index in [9.17, 15) is 0 Å². The van der Waals surface area contributed by atoms with Crippen LogP contribution in [0.5, 0.6) is 0 Å². The Hall–Kier alpha value is -0.0800. The quantitative estimate of drug-likeness (QED) is 0.752. The van der Waals surface area contributed by atoms with Crippen molar-refractivity contribution in [3.63, 3.8) is 0 Å². The van der Waals surface area contributed by atoms with Gasteiger partial charge in [-0.2, -0.15) is 0 Å². The first-order valence-corrected chi connectivity index (χ1v) is 6.99. The van der Waals surface area contributed by atoms with Crippen LogP contribution in [0.3, 0.4) is 0 Å². The maximum atomic E-state index is 5.57. The minimum atomic E-state index is 0.519. The topological polar surface area (TPSA) is 21.3 Å². The molecule has 2 nitrogen and oxygen atoms in total. The first-order chi connectivity index (χ1) is 7.65. The van der Waals surface area contributed by atoms with Crippen LogP contribution in [0.25, 0.3) is 0 Å². The molecule has 1 aliphatic carbocycles. The Morgan fingerprint density at radius 1 is 1.25 bits per heavy atom. The van der Waals surface area contributed by atoms with Gasteiger partial charge in [0.1, 0.15) is 0 Å². The molecule has 0 amide bonds. The van der Waals surface area contributed by atoms with E-state index in [-0.39, 0.29) is 0 Å². The van der Waals surface area contributed by atoms with Gasteiger partial charge < -0.3 is 10.1 Å². The highest BCUT2D eigenvalue weighted by atomic mass is 16.5. The molecule has 0 spiro atoms. The van der Waals surface area contributed by atoms with E-state index in [1.54, 1.807) is 0 Å². The molecule has 1 rings (SSSR count). The Labute approximate surface area is 101 Å². The van der Waals surface area contributed by atoms with Crippen LogP contribution in [-0.4, -0.2) is 25.3 Å². The summed E-state index contributed by atoms with van der Waals surface area (Å²) >= 11 is 0. The number of hydrogen-bond acceptors (Lipinski definition) is 2. The standard InChI is InChI=1S/C14H29NO/c1-5-16-10-14(11(2)3)15-13-9-7-6-8-12(13)4/h11-15H,5-10H2,1-4H3. The van der Waals surface area contributed by atoms with Crippen molar-refractivity contribution in [2.24, 2.45) is 11.8 Å². The Morgan fingerprint density at radius 2 is 1.94 bits per heavy atom. The van der Waals surface area contributed by atoms with Crippen molar-refractivity contribution in [1.29, 1.82) is 0 Å². The molecule has 1 N–H and O–H groups in total. The Morgan fingerprint density at radius 3 is 2.50 bits per heavy atom. The van der Waals surface area contributed by atoms with E-state index < -0.39 is 0 Å². The number of hydrogen-bond donors (Lipinski definition) is 1. The van der Waals surface area contributed by atoms with Crippen molar-refractivity contribution >= 4 is 0 Å². The van der Waals surface area contributed by atoms with Crippen molar-refractivity contribution in [1.82, 2.24) is 5.32 Å². The van der Waals surface area contributed by atoms with E-state index in [2.05, 4.69) is 33.0 Å². The summed E-state index contributed by atoms with van der Waals surface area (Å²) in [5.41, 5.74) is 0. The van der Waals surface area contributed by atoms with Crippen molar-refractivity contribution < 1.29 is 4.74 Å². The summed E-state index contributed by atoms with van der Waals surface area (Å²) in [7, 11) is 0. The molecule has 0 aliphatic heterocycles. The third kappa shape index (κ3) is 4.42. The van der Waals surface area contributed by atoms with Crippen LogP contribution >= 0.6 is 0 Å². The molecule has 0 aromatic rings. The highest BCUT2D eigenvalue weighted by molar-refractivity contribution is 4.83. The highest BCUT2D eigenvalue weighted by Gasteiger charge is 2.25. The molecule has 2 heteroatoms. The van der Waals surface area contributed by atoms with E-state index >= 15 is 0 Å². The first-order valence-electron chi connectivity index (χ1n) is 6.99. The van der Waals surface area contributed by atoms with Crippen LogP contribution in [-0.2, 0) is 4.74 Å². The van der Waals surface area contributed by atoms with Crippen molar-refractivity contribution in [2.45, 2.75) is 65.5 Å². The second-order valence-corrected chi connectivity index (χ2v) is 5.54. The molecule has 16 heavy (non-hydrogen) atoms. The molecule has 0 aromatic heterocycles. The van der Waals surface area contributed by atoms with Crippen molar-refractivity contribution in [2.75, 3.05) is 13.2 Å². The van der Waals surface area contributed by atoms with Crippen LogP contribution in [0.1, 0.15) is 53.4 Å². The minimum absolute atomic E-state index is 0.519. The fourth-order valence-electron chi connectivity index (χ4n) is 2.52. The number of rotatable bonds is 6. The normalized spacial score (nSPS) is 28.3. The van der Waals surface area contributed by atoms with Gasteiger partial charge in [-0.25, -0.2) is 0 Å². The fraction of sp³-hybridized carbons (Fsp3) is 1.00. The third-order valence-electron chi connectivity index (χ3n) is 3.85. The van der Waals surface area contributed by atoms with Gasteiger partial charge in [0.05, 0.1) is 6.61 Å². The van der Waals surface area contributed by atoms with E-state index in [0.29, 0.717) is 18.0 Å². The Bertz CT molecular complexity index is 182. The summed E-state index contributed by atoms with van der Waals surface area (Å²) in [6.07, 6.45) is 5.53. The van der Waals surface area contributed by atoms with Gasteiger partial charge in [0.2, 0.25) is 0 Å². The first kappa shape index (κ1) is 14.0. The highest BCUT2D eigenvalue weighted by Crippen LogP contribution is 2.24. The largest absolute Gasteiger partial charge is 0.380 e. The summed E-state index contributed by atoms with van der Waals surface area (Å²) in [6, 6.07) is 1.23. The fourth-order valence-corrected chi connectivity index (χ4v) is 2.52. The van der Waals surface area contributed by atoms with Crippen LogP contribution in [0, 0.1) is 11.8 Å². The lowest BCUT2D eigenvalue weighted by molar-refractivity contribution is 0.0949. The van der Waals surface area contributed by atoms with Crippen LogP contribution in [0.2, 0.25) is 0 Å². The predicted octanol–water partition coefficient (Wildman–Crippen LogP) is 3.22. The molecular formula is C14H29NO. The average molecular weight is 227 g/mol. The molecule has 0 radical (unpaired) electrons. The van der Waals surface area contributed by atoms with E-state index in [1.165, 1.54) is 25.7 Å². The van der Waals surface area contributed by atoms with Gasteiger partial charge in [-0.05, 0) is 31.6 Å². The second kappa shape index (κ2) is 7.29. The molecule has 0 heterocycles. The lowest BCUT2D eigenvalue weighted by Crippen LogP contribution is -2.48. The van der Waals surface area contributed by atoms with Crippen molar-refractivity contribution in [3.8, 4) is 0 Å². The molecule has 1 aliphatic rings. The molecule has 96 valence electrons. The molecule has 0 aromatic carbocycles. The maximum Gasteiger partial charge on any atom is 0.0622 e. The Balaban J connectivity index is 2.39. The molecule has 3 atom stereocenters. The summed E-state index contributed by atoms with van der Waals surface area (Å²) in [5.74, 6) is 1.48. The summed E-state index contributed by atoms with van der Waals surface area (Å²) in [6.45, 7) is 10.7. The predicted molar refractivity (Wildman–Crippen MR) is 69.7 cm³/mol. The van der Waals surface area contributed by atoms with Crippen LogP contribution in [0.15, 0.2) is 0 Å². The zero-order valence-electron chi connectivity index (χ0n) is 11.5. The molecule has 1 saturated carbocycles. The average Bonchev–Trinajstić information content (AvgIpc) is 2.26. The van der Waals surface area contributed by atoms with Gasteiger partial charge in [-0.15, -0.1) is 0 Å². The molecule has 0 saturated heterocycles. The summed E-state index contributed by atoms with van der Waals surface area (Å²) in [4.78, 5) is 0. The second-order valence-electron chi connectivity index (χ2n) is 5.54. The van der Waals surface area contributed by atoms with Crippen LogP contribution < -0.4 is 5.32 Å².